The second kappa shape index (κ2) is 39.5. The number of phenols is 1. The molecule has 21 heteroatoms. The zero-order valence-corrected chi connectivity index (χ0v) is 72.4. The first-order chi connectivity index (χ1) is 52.8. The minimum Gasteiger partial charge on any atom is -0.748 e. The molecule has 1 N–H and O–H groups in total. The Morgan fingerprint density at radius 2 is 1.12 bits per heavy atom. The van der Waals surface area contributed by atoms with E-state index in [0.29, 0.717) is 61.4 Å². The molecule has 2 heterocycles. The zero-order chi connectivity index (χ0) is 83.8. The number of alkyl halides is 3. The van der Waals surface area contributed by atoms with Gasteiger partial charge in [0.05, 0.1) is 37.5 Å². The van der Waals surface area contributed by atoms with Crippen molar-refractivity contribution in [2.24, 2.45) is 39.4 Å². The molecule has 628 valence electrons. The number of likely N-dealkylation sites (tertiary alicyclic amines) is 1. The average Bonchev–Trinajstić information content (AvgIpc) is 0.815. The van der Waals surface area contributed by atoms with Gasteiger partial charge < -0.3 is 43.0 Å². The summed E-state index contributed by atoms with van der Waals surface area (Å²) in [5, 5.41) is 9.16. The van der Waals surface area contributed by atoms with Crippen LogP contribution in [0, 0.1) is 45.2 Å². The van der Waals surface area contributed by atoms with E-state index >= 15 is 0 Å². The van der Waals surface area contributed by atoms with E-state index in [1.807, 2.05) is 97.0 Å². The van der Waals surface area contributed by atoms with Crippen molar-refractivity contribution in [1.29, 1.82) is 0 Å². The van der Waals surface area contributed by atoms with Crippen LogP contribution in [0.4, 0.5) is 17.6 Å². The molecule has 5 atom stereocenters. The van der Waals surface area contributed by atoms with Crippen molar-refractivity contribution >= 4 is 44.9 Å². The molecule has 6 saturated carbocycles. The van der Waals surface area contributed by atoms with Crippen LogP contribution in [0.5, 0.6) is 23.0 Å². The number of ether oxygens (including phenoxy) is 6. The summed E-state index contributed by atoms with van der Waals surface area (Å²) < 4.78 is 121. The number of para-hydroxylation sites is 2. The van der Waals surface area contributed by atoms with Crippen LogP contribution in [0.2, 0.25) is 0 Å². The van der Waals surface area contributed by atoms with E-state index in [1.165, 1.54) is 65.2 Å². The largest absolute Gasteiger partial charge is 0.748 e. The normalized spacial score (nSPS) is 22.0. The first kappa shape index (κ1) is 93.5. The Kier molecular flexibility index (Phi) is 32.7. The molecule has 4 bridgehead atoms. The Labute approximate surface area is 676 Å². The van der Waals surface area contributed by atoms with Crippen LogP contribution in [-0.4, -0.2) is 107 Å². The van der Waals surface area contributed by atoms with Gasteiger partial charge in [0.25, 0.3) is 0 Å². The summed E-state index contributed by atoms with van der Waals surface area (Å²) >= 11 is 0. The van der Waals surface area contributed by atoms with Gasteiger partial charge in [0.2, 0.25) is 15.9 Å². The highest BCUT2D eigenvalue weighted by atomic mass is 32.2. The summed E-state index contributed by atoms with van der Waals surface area (Å²) in [6.45, 7) is 36.1. The summed E-state index contributed by atoms with van der Waals surface area (Å²) in [5.41, 5.74) is -2.12. The Balaban J connectivity index is 0.000000193. The molecule has 13 rings (SSSR count). The maximum absolute atomic E-state index is 14.1. The van der Waals surface area contributed by atoms with Gasteiger partial charge in [-0.15, -0.1) is 0 Å². The molecule has 0 amide bonds. The number of rotatable bonds is 21. The third kappa shape index (κ3) is 26.2. The third-order valence-electron chi connectivity index (χ3n) is 24.9. The summed E-state index contributed by atoms with van der Waals surface area (Å²) in [6.07, 6.45) is 11.2. The van der Waals surface area contributed by atoms with Gasteiger partial charge in [0, 0.05) is 19.5 Å². The van der Waals surface area contributed by atoms with E-state index in [4.69, 9.17) is 28.8 Å². The summed E-state index contributed by atoms with van der Waals surface area (Å²) in [6, 6.07) is 40.2. The van der Waals surface area contributed by atoms with Crippen LogP contribution in [0.25, 0.3) is 0 Å². The topological polar surface area (TPSA) is 204 Å². The van der Waals surface area contributed by atoms with Crippen LogP contribution >= 0.6 is 0 Å². The monoisotopic (exact) mass is 1610 g/mol. The van der Waals surface area contributed by atoms with Gasteiger partial charge in [-0.2, -0.15) is 13.2 Å². The average molecular weight is 1620 g/mol. The molecule has 0 radical (unpaired) electrons. The summed E-state index contributed by atoms with van der Waals surface area (Å²) in [7, 11) is -3.25. The van der Waals surface area contributed by atoms with Crippen molar-refractivity contribution in [3.8, 4) is 23.0 Å². The zero-order valence-electron chi connectivity index (χ0n) is 70.7. The lowest BCUT2D eigenvalue weighted by atomic mass is 9.48. The Bertz CT molecular complexity index is 3970. The Morgan fingerprint density at radius 3 is 1.60 bits per heavy atom. The number of fused-ring (bicyclic) bond motifs is 2. The lowest BCUT2D eigenvalue weighted by Crippen LogP contribution is -2.61. The minimum atomic E-state index is -5.27. The van der Waals surface area contributed by atoms with Crippen LogP contribution in [0.3, 0.4) is 0 Å². The number of hydrogen-bond donors (Lipinski definition) is 1. The van der Waals surface area contributed by atoms with Crippen LogP contribution < -0.4 is 9.47 Å². The van der Waals surface area contributed by atoms with Crippen molar-refractivity contribution in [3.05, 3.63) is 138 Å². The number of halogens is 4. The van der Waals surface area contributed by atoms with E-state index in [0.717, 1.165) is 87.9 Å². The van der Waals surface area contributed by atoms with E-state index in [-0.39, 0.29) is 74.5 Å². The molecular formula is C92H131F4NO14S2. The van der Waals surface area contributed by atoms with Gasteiger partial charge in [0.1, 0.15) is 39.0 Å². The van der Waals surface area contributed by atoms with E-state index in [2.05, 4.69) is 127 Å². The van der Waals surface area contributed by atoms with E-state index < -0.39 is 56.5 Å². The van der Waals surface area contributed by atoms with Crippen molar-refractivity contribution < 1.29 is 83.2 Å². The molecule has 8 aliphatic rings. The number of esters is 4. The summed E-state index contributed by atoms with van der Waals surface area (Å²) in [5.74, 6) is 0.442. The number of carbonyl (C=O) groups is 4. The number of aromatic hydroxyl groups is 1. The van der Waals surface area contributed by atoms with Crippen molar-refractivity contribution in [1.82, 2.24) is 4.90 Å². The molecule has 15 nitrogen and oxygen atoms in total. The quantitative estimate of drug-likeness (QED) is 0.0234. The molecule has 7 fully saturated rings. The molecule has 2 aliphatic heterocycles. The van der Waals surface area contributed by atoms with Gasteiger partial charge in [0.15, 0.2) is 28.0 Å². The van der Waals surface area contributed by atoms with Crippen LogP contribution in [0.15, 0.2) is 136 Å². The molecule has 113 heavy (non-hydrogen) atoms. The lowest BCUT2D eigenvalue weighted by Gasteiger charge is -2.60. The van der Waals surface area contributed by atoms with Crippen molar-refractivity contribution in [2.45, 2.75) is 320 Å². The fourth-order valence-electron chi connectivity index (χ4n) is 15.9. The van der Waals surface area contributed by atoms with Gasteiger partial charge in [-0.1, -0.05) is 128 Å². The molecule has 0 aromatic heterocycles. The predicted octanol–water partition coefficient (Wildman–Crippen LogP) is 22.9. The maximum Gasteiger partial charge on any atom is 0.426 e. The second-order valence-electron chi connectivity index (χ2n) is 35.9. The first-order valence-electron chi connectivity index (χ1n) is 41.3. The predicted molar refractivity (Wildman–Crippen MR) is 438 cm³/mol. The Morgan fingerprint density at radius 1 is 0.619 bits per heavy atom. The highest BCUT2D eigenvalue weighted by Crippen LogP contribution is 2.64. The fraction of sp³-hybridized carbons (Fsp3) is 0.630. The third-order valence-corrected chi connectivity index (χ3v) is 27.9. The number of hydrogen-bond acceptors (Lipinski definition) is 15. The molecule has 5 unspecified atom stereocenters. The maximum atomic E-state index is 14.1. The fourth-order valence-corrected chi connectivity index (χ4v) is 18.8. The van der Waals surface area contributed by atoms with Crippen molar-refractivity contribution in [3.63, 3.8) is 0 Å². The molecule has 5 aromatic rings. The smallest absolute Gasteiger partial charge is 0.426 e. The van der Waals surface area contributed by atoms with Gasteiger partial charge >= 0.3 is 30.1 Å². The van der Waals surface area contributed by atoms with E-state index in [1.54, 1.807) is 32.0 Å². The molecular weight excluding hydrogens is 1480 g/mol. The number of piperidine rings is 1. The standard InChI is InChI=1S/C20H29F3O7S.C18H13OS.C17H25FO.C14H26O2.C13H25NO2.C10H14O/c1-4-17(2,3)15(24)30-19-8-12-5-13(9-19)7-18(6-12,11-19)16(25)29-14(20(21,22)23)10-31(26,27)28;1-2-8-14(9-3-1)20-17-12-6-4-10-15(17)19-16-11-5-7-13-18(16)20;1-4-13(2)14-8-9-16(15(18)12-14)19-17(3)10-6-5-7-11-17;1-6-13(2,3)12(15)16-14(4,5)11-9-7-8-10-11;1-6-12(2,3)11(15)16-13(4)7-9-14(5)10-8-13;1-3-8(2)9-5-4-6-10(11)7-9/h12-14H,4-11H2,1-3H3,(H,26,27,28);1-13H;8-9,12-13H,4-7,10-11H2,1-3H3;11H,6-10H2,1-5H3;6-10H2,1-5H3;4-8,11H,3H2,1-2H3/q;+1;;;;/p-1. The summed E-state index contributed by atoms with van der Waals surface area (Å²) in [4.78, 5) is 55.9. The van der Waals surface area contributed by atoms with Gasteiger partial charge in [-0.25, -0.2) is 12.8 Å². The number of benzene rings is 5. The minimum absolute atomic E-state index is 0.00100. The SMILES string of the molecule is CCC(C)(C)C(=O)OC(C)(C)C1CCCC1.CCC(C)(C)C(=O)OC1(C)CCN(C)CC1.CCC(C)(C)C(=O)OC12CC3CC(C1)CC(C(=O)OC(CS(=O)(=O)[O-])C(F)(F)F)(C3)C2.CCC(C)c1ccc(OC2(C)CCCCC2)c(F)c1.CCC(C)c1cccc(O)c1.c1ccc([S+]2c3ccccc3Oc3ccccc32)cc1. The number of nitrogens with zero attached hydrogens (tertiary/aromatic N) is 1. The van der Waals surface area contributed by atoms with Crippen molar-refractivity contribution in [2.75, 3.05) is 25.9 Å². The van der Waals surface area contributed by atoms with Gasteiger partial charge in [-0.05, 0) is 293 Å². The van der Waals surface area contributed by atoms with Gasteiger partial charge in [-0.3, -0.25) is 19.2 Å². The molecule has 0 spiro atoms. The Hall–Kier alpha value is -6.68. The number of carbonyl (C=O) groups excluding carboxylic acids is 4. The highest BCUT2D eigenvalue weighted by Gasteiger charge is 2.64. The van der Waals surface area contributed by atoms with Crippen LogP contribution in [0.1, 0.15) is 282 Å². The molecule has 5 aromatic carbocycles. The second-order valence-corrected chi connectivity index (χ2v) is 39.3. The molecule has 1 saturated heterocycles. The van der Waals surface area contributed by atoms with Crippen LogP contribution in [-0.2, 0) is 59.1 Å². The highest BCUT2D eigenvalue weighted by molar-refractivity contribution is 7.97. The lowest BCUT2D eigenvalue weighted by molar-refractivity contribution is -0.239. The van der Waals surface area contributed by atoms with E-state index in [9.17, 15) is 49.7 Å². The molecule has 6 aliphatic carbocycles. The number of phenolic OH excluding ortho intramolecular Hbond substituents is 1. The first-order valence-corrected chi connectivity index (χ1v) is 44.1.